The highest BCUT2D eigenvalue weighted by Gasteiger charge is 2.12. The maximum Gasteiger partial charge on any atom is 0.236 e. The molecule has 0 saturated carbocycles. The third kappa shape index (κ3) is 3.74. The largest absolute Gasteiger partial charge is 0.354 e. The van der Waals surface area contributed by atoms with E-state index in [9.17, 15) is 18.0 Å². The first-order valence-electron chi connectivity index (χ1n) is 5.08. The minimum Gasteiger partial charge on any atom is -0.354 e. The van der Waals surface area contributed by atoms with Gasteiger partial charge in [0.15, 0.2) is 0 Å². The summed E-state index contributed by atoms with van der Waals surface area (Å²) in [6, 6.07) is 0.523. The van der Waals surface area contributed by atoms with Gasteiger partial charge in [-0.15, -0.1) is 0 Å². The van der Waals surface area contributed by atoms with Crippen molar-refractivity contribution < 1.29 is 18.0 Å². The molecule has 1 unspecified atom stereocenters. The number of benzene rings is 1. The van der Waals surface area contributed by atoms with Crippen molar-refractivity contribution in [2.75, 3.05) is 6.54 Å². The summed E-state index contributed by atoms with van der Waals surface area (Å²) in [6.45, 7) is 1.54. The molecule has 0 heterocycles. The van der Waals surface area contributed by atoms with Crippen molar-refractivity contribution in [1.29, 1.82) is 0 Å². The first-order valence-corrected chi connectivity index (χ1v) is 5.08. The van der Waals surface area contributed by atoms with Gasteiger partial charge in [-0.2, -0.15) is 0 Å². The zero-order valence-corrected chi connectivity index (χ0v) is 9.27. The fraction of sp³-hybridized carbons (Fsp3) is 0.364. The quantitative estimate of drug-likeness (QED) is 0.836. The monoisotopic (exact) mass is 246 g/mol. The lowest BCUT2D eigenvalue weighted by atomic mass is 10.1. The number of amides is 1. The van der Waals surface area contributed by atoms with Gasteiger partial charge < -0.3 is 11.1 Å². The molecule has 0 aliphatic heterocycles. The van der Waals surface area contributed by atoms with Crippen molar-refractivity contribution in [3.63, 3.8) is 0 Å². The molecule has 0 aromatic heterocycles. The number of hydrogen-bond donors (Lipinski definition) is 2. The predicted octanol–water partition coefficient (Wildman–Crippen LogP) is 1.11. The molecule has 0 saturated heterocycles. The lowest BCUT2D eigenvalue weighted by Crippen LogP contribution is -2.39. The molecule has 6 heteroatoms. The standard InChI is InChI=1S/C11H13F3N2O/c1-6(15)11(17)16-3-2-8-9(13)4-7(12)5-10(8)14/h4-6H,2-3,15H2,1H3,(H,16,17). The number of nitrogens with two attached hydrogens (primary N) is 1. The van der Waals surface area contributed by atoms with E-state index >= 15 is 0 Å². The average molecular weight is 246 g/mol. The van der Waals surface area contributed by atoms with Crippen molar-refractivity contribution >= 4 is 5.91 Å². The Morgan fingerprint density at radius 1 is 1.35 bits per heavy atom. The van der Waals surface area contributed by atoms with Crippen LogP contribution in [0.15, 0.2) is 12.1 Å². The van der Waals surface area contributed by atoms with Gasteiger partial charge in [-0.3, -0.25) is 4.79 Å². The van der Waals surface area contributed by atoms with E-state index in [0.29, 0.717) is 12.1 Å². The van der Waals surface area contributed by atoms with E-state index in [2.05, 4.69) is 5.32 Å². The van der Waals surface area contributed by atoms with Gasteiger partial charge in [-0.1, -0.05) is 0 Å². The summed E-state index contributed by atoms with van der Waals surface area (Å²) in [5.74, 6) is -3.30. The second-order valence-corrected chi connectivity index (χ2v) is 3.68. The maximum absolute atomic E-state index is 13.2. The van der Waals surface area contributed by atoms with Crippen LogP contribution in [0.3, 0.4) is 0 Å². The van der Waals surface area contributed by atoms with Crippen molar-refractivity contribution in [3.8, 4) is 0 Å². The summed E-state index contributed by atoms with van der Waals surface area (Å²) in [6.07, 6.45) is -0.0591. The number of hydrogen-bond acceptors (Lipinski definition) is 2. The average Bonchev–Trinajstić information content (AvgIpc) is 2.21. The van der Waals surface area contributed by atoms with E-state index in [1.807, 2.05) is 0 Å². The fourth-order valence-corrected chi connectivity index (χ4v) is 1.28. The Bertz CT molecular complexity index is 398. The van der Waals surface area contributed by atoms with Crippen LogP contribution in [0.4, 0.5) is 13.2 Å². The zero-order chi connectivity index (χ0) is 13.0. The van der Waals surface area contributed by atoms with Crippen molar-refractivity contribution in [3.05, 3.63) is 35.1 Å². The summed E-state index contributed by atoms with van der Waals surface area (Å²) in [5.41, 5.74) is 5.03. The maximum atomic E-state index is 13.2. The van der Waals surface area contributed by atoms with Gasteiger partial charge in [0.2, 0.25) is 5.91 Å². The van der Waals surface area contributed by atoms with Gasteiger partial charge >= 0.3 is 0 Å². The van der Waals surface area contributed by atoms with Crippen LogP contribution >= 0.6 is 0 Å². The molecule has 0 fully saturated rings. The van der Waals surface area contributed by atoms with Crippen LogP contribution in [0.25, 0.3) is 0 Å². The molecule has 0 bridgehead atoms. The van der Waals surface area contributed by atoms with Crippen LogP contribution in [-0.4, -0.2) is 18.5 Å². The number of rotatable bonds is 4. The highest BCUT2D eigenvalue weighted by Crippen LogP contribution is 2.14. The molecule has 1 aromatic rings. The van der Waals surface area contributed by atoms with E-state index in [1.165, 1.54) is 6.92 Å². The topological polar surface area (TPSA) is 55.1 Å². The molecule has 1 atom stereocenters. The number of nitrogens with one attached hydrogen (secondary N) is 1. The van der Waals surface area contributed by atoms with E-state index < -0.39 is 29.4 Å². The zero-order valence-electron chi connectivity index (χ0n) is 9.27. The molecule has 0 spiro atoms. The first kappa shape index (κ1) is 13.5. The van der Waals surface area contributed by atoms with E-state index in [0.717, 1.165) is 0 Å². The van der Waals surface area contributed by atoms with Gasteiger partial charge in [0.1, 0.15) is 17.5 Å². The molecule has 3 nitrogen and oxygen atoms in total. The van der Waals surface area contributed by atoms with Crippen LogP contribution in [0.2, 0.25) is 0 Å². The minimum atomic E-state index is -0.969. The molecule has 0 radical (unpaired) electrons. The van der Waals surface area contributed by atoms with Crippen LogP contribution in [0.1, 0.15) is 12.5 Å². The number of carbonyl (C=O) groups is 1. The van der Waals surface area contributed by atoms with Crippen LogP contribution in [0, 0.1) is 17.5 Å². The second-order valence-electron chi connectivity index (χ2n) is 3.68. The van der Waals surface area contributed by atoms with Gasteiger partial charge in [0.25, 0.3) is 0 Å². The third-order valence-corrected chi connectivity index (χ3v) is 2.19. The number of carbonyl (C=O) groups excluding carboxylic acids is 1. The van der Waals surface area contributed by atoms with Crippen molar-refractivity contribution in [2.45, 2.75) is 19.4 Å². The van der Waals surface area contributed by atoms with Gasteiger partial charge in [-0.25, -0.2) is 13.2 Å². The molecular weight excluding hydrogens is 233 g/mol. The highest BCUT2D eigenvalue weighted by atomic mass is 19.1. The van der Waals surface area contributed by atoms with Gasteiger partial charge in [0.05, 0.1) is 6.04 Å². The second kappa shape index (κ2) is 5.67. The summed E-state index contributed by atoms with van der Waals surface area (Å²) in [7, 11) is 0. The fourth-order valence-electron chi connectivity index (χ4n) is 1.28. The van der Waals surface area contributed by atoms with E-state index in [1.54, 1.807) is 0 Å². The molecule has 17 heavy (non-hydrogen) atoms. The Hall–Kier alpha value is -1.56. The van der Waals surface area contributed by atoms with Crippen molar-refractivity contribution in [1.82, 2.24) is 5.32 Å². The van der Waals surface area contributed by atoms with Crippen molar-refractivity contribution in [2.24, 2.45) is 5.73 Å². The van der Waals surface area contributed by atoms with Gasteiger partial charge in [0, 0.05) is 24.2 Å². The Morgan fingerprint density at radius 3 is 2.35 bits per heavy atom. The van der Waals surface area contributed by atoms with Gasteiger partial charge in [-0.05, 0) is 13.3 Å². The van der Waals surface area contributed by atoms with Crippen LogP contribution in [0.5, 0.6) is 0 Å². The SMILES string of the molecule is CC(N)C(=O)NCCc1c(F)cc(F)cc1F. The summed E-state index contributed by atoms with van der Waals surface area (Å²) in [5, 5.41) is 2.41. The summed E-state index contributed by atoms with van der Waals surface area (Å²) in [4.78, 5) is 11.1. The molecule has 1 amide bonds. The molecular formula is C11H13F3N2O. The lowest BCUT2D eigenvalue weighted by molar-refractivity contribution is -0.121. The Kier molecular flexibility index (Phi) is 4.51. The predicted molar refractivity (Wildman–Crippen MR) is 56.7 cm³/mol. The molecule has 0 aliphatic rings. The third-order valence-electron chi connectivity index (χ3n) is 2.19. The van der Waals surface area contributed by atoms with Crippen LogP contribution < -0.4 is 11.1 Å². The Morgan fingerprint density at radius 2 is 1.88 bits per heavy atom. The van der Waals surface area contributed by atoms with E-state index in [-0.39, 0.29) is 18.5 Å². The lowest BCUT2D eigenvalue weighted by Gasteiger charge is -2.08. The van der Waals surface area contributed by atoms with Crippen LogP contribution in [-0.2, 0) is 11.2 Å². The molecule has 1 rings (SSSR count). The first-order chi connectivity index (χ1) is 7.91. The highest BCUT2D eigenvalue weighted by molar-refractivity contribution is 5.80. The smallest absolute Gasteiger partial charge is 0.236 e. The Labute approximate surface area is 96.8 Å². The summed E-state index contributed by atoms with van der Waals surface area (Å²) < 4.78 is 39.0. The normalized spacial score (nSPS) is 12.3. The summed E-state index contributed by atoms with van der Waals surface area (Å²) >= 11 is 0. The Balaban J connectivity index is 2.61. The molecule has 94 valence electrons. The molecule has 1 aromatic carbocycles. The molecule has 0 aliphatic carbocycles. The number of halogens is 3. The van der Waals surface area contributed by atoms with E-state index in [4.69, 9.17) is 5.73 Å². The molecule has 3 N–H and O–H groups in total. The minimum absolute atomic E-state index is 0.0415.